The van der Waals surface area contributed by atoms with Gasteiger partial charge in [-0.25, -0.2) is 0 Å². The molecule has 0 fully saturated rings. The van der Waals surface area contributed by atoms with Gasteiger partial charge < -0.3 is 11.1 Å². The van der Waals surface area contributed by atoms with Crippen molar-refractivity contribution in [2.75, 3.05) is 0 Å². The number of carbonyl (C=O) groups excluding carboxylic acids is 2. The van der Waals surface area contributed by atoms with Gasteiger partial charge >= 0.3 is 11.3 Å². The zero-order chi connectivity index (χ0) is 9.94. The molecule has 7 heteroatoms. The normalized spacial score (nSPS) is 13.7. The lowest BCUT2D eigenvalue weighted by Gasteiger charge is -2.12. The van der Waals surface area contributed by atoms with Crippen molar-refractivity contribution < 1.29 is 18.4 Å². The van der Waals surface area contributed by atoms with E-state index in [2.05, 4.69) is 17.3 Å². The molecule has 0 rings (SSSR count). The van der Waals surface area contributed by atoms with Crippen molar-refractivity contribution in [2.24, 2.45) is 5.73 Å². The highest BCUT2D eigenvalue weighted by atomic mass is 35.5. The Morgan fingerprint density at radius 1 is 1.58 bits per heavy atom. The number of nitrogens with one attached hydrogen (secondary N) is 1. The fourth-order valence-electron chi connectivity index (χ4n) is 0.350. The van der Waals surface area contributed by atoms with Crippen molar-refractivity contribution in [3.8, 4) is 0 Å². The van der Waals surface area contributed by atoms with Gasteiger partial charge in [-0.15, -0.1) is 0 Å². The Bertz CT molecular complexity index is 204. The van der Waals surface area contributed by atoms with E-state index in [1.165, 1.54) is 6.92 Å². The van der Waals surface area contributed by atoms with Gasteiger partial charge in [0.25, 0.3) is 0 Å². The molecule has 1 atom stereocenters. The Morgan fingerprint density at radius 2 is 2.00 bits per heavy atom. The molecule has 0 unspecified atom stereocenters. The molecule has 0 spiro atoms. The van der Waals surface area contributed by atoms with Gasteiger partial charge in [-0.2, -0.15) is 8.78 Å². The molecule has 0 aromatic heterocycles. The predicted octanol–water partition coefficient (Wildman–Crippen LogP) is -0.192. The lowest BCUT2D eigenvalue weighted by Crippen LogP contribution is -2.47. The van der Waals surface area contributed by atoms with Crippen LogP contribution in [-0.4, -0.2) is 23.2 Å². The molecular formula is C5H7ClF2N2O2. The summed E-state index contributed by atoms with van der Waals surface area (Å²) in [6.45, 7) is 1.17. The van der Waals surface area contributed by atoms with Crippen LogP contribution >= 0.6 is 11.6 Å². The molecule has 0 heterocycles. The van der Waals surface area contributed by atoms with Crippen molar-refractivity contribution in [3.05, 3.63) is 0 Å². The van der Waals surface area contributed by atoms with Gasteiger partial charge in [0.15, 0.2) is 0 Å². The fraction of sp³-hybridized carbons (Fsp3) is 0.600. The number of halogens is 3. The van der Waals surface area contributed by atoms with E-state index in [9.17, 15) is 18.4 Å². The van der Waals surface area contributed by atoms with Gasteiger partial charge in [-0.3, -0.25) is 9.59 Å². The van der Waals surface area contributed by atoms with E-state index in [4.69, 9.17) is 0 Å². The summed E-state index contributed by atoms with van der Waals surface area (Å²) in [7, 11) is 0. The lowest BCUT2D eigenvalue weighted by molar-refractivity contribution is -0.138. The molecule has 0 aliphatic rings. The predicted molar refractivity (Wildman–Crippen MR) is 37.6 cm³/mol. The summed E-state index contributed by atoms with van der Waals surface area (Å²) >= 11 is 4.33. The number of amides is 2. The van der Waals surface area contributed by atoms with Crippen molar-refractivity contribution in [1.82, 2.24) is 5.32 Å². The van der Waals surface area contributed by atoms with Crippen LogP contribution in [0.5, 0.6) is 0 Å². The monoisotopic (exact) mass is 200 g/mol. The first-order valence-corrected chi connectivity index (χ1v) is 3.30. The summed E-state index contributed by atoms with van der Waals surface area (Å²) < 4.78 is 23.9. The number of rotatable bonds is 3. The van der Waals surface area contributed by atoms with E-state index in [-0.39, 0.29) is 0 Å². The zero-order valence-electron chi connectivity index (χ0n) is 6.11. The van der Waals surface area contributed by atoms with Gasteiger partial charge in [0.2, 0.25) is 5.91 Å². The van der Waals surface area contributed by atoms with Crippen LogP contribution in [0.1, 0.15) is 6.92 Å². The maximum absolute atomic E-state index is 11.9. The van der Waals surface area contributed by atoms with Crippen LogP contribution in [0.15, 0.2) is 0 Å². The summed E-state index contributed by atoms with van der Waals surface area (Å²) in [6.07, 6.45) is 0. The summed E-state index contributed by atoms with van der Waals surface area (Å²) in [5.41, 5.74) is 4.69. The van der Waals surface area contributed by atoms with Crippen LogP contribution in [0.2, 0.25) is 0 Å². The molecule has 0 aromatic carbocycles. The standard InChI is InChI=1S/C5H7ClF2N2O2/c1-2(3(9)11)10-4(12)5(6,7)8/h2H,1H3,(H2,9,11)(H,10,12)/t2-/m0/s1. The first-order valence-electron chi connectivity index (χ1n) is 2.92. The van der Waals surface area contributed by atoms with Gasteiger partial charge in [0.05, 0.1) is 0 Å². The molecule has 0 saturated heterocycles. The Kier molecular flexibility index (Phi) is 3.38. The Labute approximate surface area is 72.0 Å². The molecular weight excluding hydrogens is 194 g/mol. The molecule has 0 aliphatic carbocycles. The van der Waals surface area contributed by atoms with Gasteiger partial charge in [0.1, 0.15) is 6.04 Å². The van der Waals surface area contributed by atoms with Gasteiger partial charge in [0, 0.05) is 0 Å². The van der Waals surface area contributed by atoms with E-state index < -0.39 is 23.2 Å². The summed E-state index contributed by atoms with van der Waals surface area (Å²) in [5.74, 6) is -2.65. The maximum atomic E-state index is 11.9. The van der Waals surface area contributed by atoms with Crippen LogP contribution in [0.3, 0.4) is 0 Å². The highest BCUT2D eigenvalue weighted by molar-refractivity contribution is 6.32. The first kappa shape index (κ1) is 11.1. The van der Waals surface area contributed by atoms with E-state index in [1.807, 2.05) is 0 Å². The van der Waals surface area contributed by atoms with Crippen LogP contribution in [0, 0.1) is 0 Å². The lowest BCUT2D eigenvalue weighted by atomic mass is 10.3. The molecule has 0 saturated carbocycles. The van der Waals surface area contributed by atoms with E-state index in [0.29, 0.717) is 0 Å². The summed E-state index contributed by atoms with van der Waals surface area (Å²) in [6, 6.07) is -1.16. The Balaban J connectivity index is 4.11. The number of nitrogens with two attached hydrogens (primary N) is 1. The van der Waals surface area contributed by atoms with E-state index >= 15 is 0 Å². The van der Waals surface area contributed by atoms with E-state index in [1.54, 1.807) is 5.32 Å². The summed E-state index contributed by atoms with van der Waals surface area (Å²) in [4.78, 5) is 20.7. The second-order valence-electron chi connectivity index (χ2n) is 2.10. The van der Waals surface area contributed by atoms with Crippen molar-refractivity contribution in [3.63, 3.8) is 0 Å². The highest BCUT2D eigenvalue weighted by Crippen LogP contribution is 2.18. The smallest absolute Gasteiger partial charge is 0.368 e. The fourth-order valence-corrected chi connectivity index (χ4v) is 0.404. The molecule has 2 amide bonds. The molecule has 70 valence electrons. The minimum Gasteiger partial charge on any atom is -0.368 e. The Morgan fingerprint density at radius 3 is 2.25 bits per heavy atom. The topological polar surface area (TPSA) is 72.2 Å². The van der Waals surface area contributed by atoms with Crippen molar-refractivity contribution in [2.45, 2.75) is 18.3 Å². The molecule has 3 N–H and O–H groups in total. The third-order valence-electron chi connectivity index (χ3n) is 1.03. The van der Waals surface area contributed by atoms with Crippen molar-refractivity contribution in [1.29, 1.82) is 0 Å². The molecule has 12 heavy (non-hydrogen) atoms. The van der Waals surface area contributed by atoms with Crippen LogP contribution in [-0.2, 0) is 9.59 Å². The number of carbonyl (C=O) groups is 2. The minimum atomic E-state index is -4.01. The maximum Gasteiger partial charge on any atom is 0.399 e. The van der Waals surface area contributed by atoms with E-state index in [0.717, 1.165) is 0 Å². The SMILES string of the molecule is C[C@H](NC(=O)C(F)(F)Cl)C(N)=O. The minimum absolute atomic E-state index is 0.913. The van der Waals surface area contributed by atoms with Crippen molar-refractivity contribution >= 4 is 23.4 Å². The third kappa shape index (κ3) is 3.47. The first-order chi connectivity index (χ1) is 5.25. The quantitative estimate of drug-likeness (QED) is 0.620. The molecule has 0 bridgehead atoms. The number of primary amides is 1. The molecule has 0 aromatic rings. The average molecular weight is 201 g/mol. The number of alkyl halides is 3. The van der Waals surface area contributed by atoms with Crippen LogP contribution in [0.4, 0.5) is 8.78 Å². The van der Waals surface area contributed by atoms with Crippen LogP contribution < -0.4 is 11.1 Å². The van der Waals surface area contributed by atoms with Gasteiger partial charge in [-0.1, -0.05) is 0 Å². The number of hydrogen-bond donors (Lipinski definition) is 2. The zero-order valence-corrected chi connectivity index (χ0v) is 6.86. The Hall–Kier alpha value is -0.910. The molecule has 0 radical (unpaired) electrons. The van der Waals surface area contributed by atoms with Crippen LogP contribution in [0.25, 0.3) is 0 Å². The second-order valence-corrected chi connectivity index (χ2v) is 2.57. The molecule has 0 aliphatic heterocycles. The molecule has 4 nitrogen and oxygen atoms in total. The third-order valence-corrected chi connectivity index (χ3v) is 1.20. The number of hydrogen-bond acceptors (Lipinski definition) is 2. The largest absolute Gasteiger partial charge is 0.399 e. The van der Waals surface area contributed by atoms with Gasteiger partial charge in [-0.05, 0) is 18.5 Å². The highest BCUT2D eigenvalue weighted by Gasteiger charge is 2.36. The average Bonchev–Trinajstić information content (AvgIpc) is 1.85. The summed E-state index contributed by atoms with van der Waals surface area (Å²) in [5, 5.41) is -2.39. The second kappa shape index (κ2) is 3.66.